The summed E-state index contributed by atoms with van der Waals surface area (Å²) in [7, 11) is 0. The molecule has 1 saturated carbocycles. The topological polar surface area (TPSA) is 23.5 Å². The van der Waals surface area contributed by atoms with Crippen LogP contribution >= 0.6 is 0 Å². The molecule has 1 fully saturated rings. The first-order valence-electron chi connectivity index (χ1n) is 7.66. The van der Waals surface area contributed by atoms with E-state index in [1.807, 2.05) is 0 Å². The lowest BCUT2D eigenvalue weighted by Gasteiger charge is -2.42. The smallest absolute Gasteiger partial charge is 0.0504 e. The second-order valence-electron chi connectivity index (χ2n) is 6.66. The highest BCUT2D eigenvalue weighted by Gasteiger charge is 2.37. The number of anilines is 1. The third-order valence-corrected chi connectivity index (χ3v) is 5.03. The van der Waals surface area contributed by atoms with Crippen molar-refractivity contribution in [2.45, 2.75) is 39.0 Å². The average Bonchev–Trinajstić information content (AvgIpc) is 2.82. The molecule has 0 aromatic heterocycles. The van der Waals surface area contributed by atoms with E-state index < -0.39 is 0 Å². The normalized spacial score (nSPS) is 30.4. The minimum Gasteiger partial charge on any atom is -0.396 e. The maximum absolute atomic E-state index is 9.94. The van der Waals surface area contributed by atoms with Crippen molar-refractivity contribution in [2.24, 2.45) is 11.3 Å². The highest BCUT2D eigenvalue weighted by molar-refractivity contribution is 5.57. The van der Waals surface area contributed by atoms with Gasteiger partial charge < -0.3 is 10.0 Å². The van der Waals surface area contributed by atoms with Crippen LogP contribution in [0.25, 0.3) is 0 Å². The quantitative estimate of drug-likeness (QED) is 0.901. The van der Waals surface area contributed by atoms with Gasteiger partial charge in [0.1, 0.15) is 0 Å². The molecular formula is C17H25NO. The van der Waals surface area contributed by atoms with Gasteiger partial charge in [-0.3, -0.25) is 0 Å². The number of aliphatic hydroxyl groups is 1. The Morgan fingerprint density at radius 3 is 3.00 bits per heavy atom. The van der Waals surface area contributed by atoms with Gasteiger partial charge in [-0.05, 0) is 36.8 Å². The maximum atomic E-state index is 9.94. The van der Waals surface area contributed by atoms with Gasteiger partial charge in [0.25, 0.3) is 0 Å². The molecule has 1 aliphatic heterocycles. The van der Waals surface area contributed by atoms with Crippen molar-refractivity contribution in [2.75, 3.05) is 24.6 Å². The molecule has 0 bridgehead atoms. The van der Waals surface area contributed by atoms with E-state index in [-0.39, 0.29) is 5.41 Å². The number of hydrogen-bond donors (Lipinski definition) is 1. The lowest BCUT2D eigenvalue weighted by atomic mass is 9.70. The Labute approximate surface area is 116 Å². The first-order chi connectivity index (χ1) is 9.22. The van der Waals surface area contributed by atoms with E-state index in [2.05, 4.69) is 36.1 Å². The number of aliphatic hydroxyl groups excluding tert-OH is 1. The summed E-state index contributed by atoms with van der Waals surface area (Å²) in [6.07, 6.45) is 6.14. The van der Waals surface area contributed by atoms with Crippen LogP contribution in [-0.4, -0.2) is 24.8 Å². The van der Waals surface area contributed by atoms with Crippen LogP contribution in [0.4, 0.5) is 5.69 Å². The molecule has 1 aromatic carbocycles. The minimum atomic E-state index is 0.134. The monoisotopic (exact) mass is 259 g/mol. The standard InChI is InChI=1S/C17H25NO/c1-14-5-4-9-17(11-14,13-19)12-18-10-8-15-6-2-3-7-16(15)18/h2-3,6-7,14,19H,4-5,8-13H2,1H3. The molecule has 0 radical (unpaired) electrons. The largest absolute Gasteiger partial charge is 0.396 e. The van der Waals surface area contributed by atoms with E-state index >= 15 is 0 Å². The number of para-hydroxylation sites is 1. The molecule has 2 nitrogen and oxygen atoms in total. The number of rotatable bonds is 3. The van der Waals surface area contributed by atoms with E-state index in [0.29, 0.717) is 6.61 Å². The summed E-state index contributed by atoms with van der Waals surface area (Å²) < 4.78 is 0. The summed E-state index contributed by atoms with van der Waals surface area (Å²) >= 11 is 0. The Bertz CT molecular complexity index is 445. The molecule has 2 atom stereocenters. The molecule has 1 aromatic rings. The summed E-state index contributed by atoms with van der Waals surface area (Å²) in [6.45, 7) is 4.83. The Morgan fingerprint density at radius 2 is 2.21 bits per heavy atom. The number of fused-ring (bicyclic) bond motifs is 1. The van der Waals surface area contributed by atoms with Crippen LogP contribution in [-0.2, 0) is 6.42 Å². The van der Waals surface area contributed by atoms with Gasteiger partial charge in [0, 0.05) is 24.2 Å². The van der Waals surface area contributed by atoms with E-state index in [1.54, 1.807) is 0 Å². The van der Waals surface area contributed by atoms with Crippen molar-refractivity contribution in [1.82, 2.24) is 0 Å². The predicted octanol–water partition coefficient (Wildman–Crippen LogP) is 3.24. The number of nitrogens with zero attached hydrogens (tertiary/aromatic N) is 1. The second kappa shape index (κ2) is 5.16. The van der Waals surface area contributed by atoms with Crippen molar-refractivity contribution >= 4 is 5.69 Å². The number of benzene rings is 1. The van der Waals surface area contributed by atoms with Crippen LogP contribution in [0.2, 0.25) is 0 Å². The fraction of sp³-hybridized carbons (Fsp3) is 0.647. The molecule has 2 unspecified atom stereocenters. The third kappa shape index (κ3) is 2.51. The van der Waals surface area contributed by atoms with Gasteiger partial charge in [-0.1, -0.05) is 38.0 Å². The van der Waals surface area contributed by atoms with Crippen molar-refractivity contribution < 1.29 is 5.11 Å². The van der Waals surface area contributed by atoms with E-state index in [0.717, 1.165) is 25.4 Å². The SMILES string of the molecule is CC1CCCC(CO)(CN2CCc3ccccc32)C1. The Balaban J connectivity index is 1.77. The molecule has 3 rings (SSSR count). The Kier molecular flexibility index (Phi) is 3.53. The molecule has 1 N–H and O–H groups in total. The minimum absolute atomic E-state index is 0.134. The summed E-state index contributed by atoms with van der Waals surface area (Å²) in [6, 6.07) is 8.74. The highest BCUT2D eigenvalue weighted by Crippen LogP contribution is 2.41. The van der Waals surface area contributed by atoms with Crippen molar-refractivity contribution in [1.29, 1.82) is 0 Å². The van der Waals surface area contributed by atoms with Crippen molar-refractivity contribution in [3.8, 4) is 0 Å². The molecule has 2 aliphatic rings. The molecule has 0 saturated heterocycles. The zero-order valence-corrected chi connectivity index (χ0v) is 11.9. The van der Waals surface area contributed by atoms with E-state index in [1.165, 1.54) is 36.9 Å². The lowest BCUT2D eigenvalue weighted by molar-refractivity contribution is 0.0669. The van der Waals surface area contributed by atoms with Gasteiger partial charge in [-0.25, -0.2) is 0 Å². The molecule has 1 heterocycles. The van der Waals surface area contributed by atoms with Gasteiger partial charge in [-0.15, -0.1) is 0 Å². The molecule has 2 heteroatoms. The first kappa shape index (κ1) is 13.0. The van der Waals surface area contributed by atoms with Crippen LogP contribution < -0.4 is 4.90 Å². The molecule has 104 valence electrons. The van der Waals surface area contributed by atoms with Crippen molar-refractivity contribution in [3.05, 3.63) is 29.8 Å². The van der Waals surface area contributed by atoms with Crippen LogP contribution in [0.3, 0.4) is 0 Å². The molecule has 19 heavy (non-hydrogen) atoms. The molecule has 0 amide bonds. The fourth-order valence-corrected chi connectivity index (χ4v) is 4.08. The first-order valence-corrected chi connectivity index (χ1v) is 7.66. The second-order valence-corrected chi connectivity index (χ2v) is 6.66. The number of hydrogen-bond acceptors (Lipinski definition) is 2. The van der Waals surface area contributed by atoms with Gasteiger partial charge in [-0.2, -0.15) is 0 Å². The van der Waals surface area contributed by atoms with Crippen LogP contribution in [0.5, 0.6) is 0 Å². The Morgan fingerprint density at radius 1 is 1.37 bits per heavy atom. The zero-order valence-electron chi connectivity index (χ0n) is 11.9. The van der Waals surface area contributed by atoms with Crippen LogP contribution in [0, 0.1) is 11.3 Å². The molecule has 0 spiro atoms. The summed E-state index contributed by atoms with van der Waals surface area (Å²) in [5, 5.41) is 9.94. The predicted molar refractivity (Wildman–Crippen MR) is 79.5 cm³/mol. The fourth-order valence-electron chi connectivity index (χ4n) is 4.08. The van der Waals surface area contributed by atoms with Crippen LogP contribution in [0.1, 0.15) is 38.2 Å². The molecule has 1 aliphatic carbocycles. The molecular weight excluding hydrogens is 234 g/mol. The summed E-state index contributed by atoms with van der Waals surface area (Å²) in [5.41, 5.74) is 3.00. The maximum Gasteiger partial charge on any atom is 0.0504 e. The van der Waals surface area contributed by atoms with E-state index in [4.69, 9.17) is 0 Å². The Hall–Kier alpha value is -1.02. The van der Waals surface area contributed by atoms with Crippen LogP contribution in [0.15, 0.2) is 24.3 Å². The summed E-state index contributed by atoms with van der Waals surface area (Å²) in [4.78, 5) is 2.50. The van der Waals surface area contributed by atoms with Gasteiger partial charge in [0.15, 0.2) is 0 Å². The zero-order chi connectivity index (χ0) is 13.3. The van der Waals surface area contributed by atoms with E-state index in [9.17, 15) is 5.11 Å². The third-order valence-electron chi connectivity index (χ3n) is 5.03. The van der Waals surface area contributed by atoms with Gasteiger partial charge >= 0.3 is 0 Å². The van der Waals surface area contributed by atoms with Gasteiger partial charge in [0.2, 0.25) is 0 Å². The van der Waals surface area contributed by atoms with Gasteiger partial charge in [0.05, 0.1) is 6.61 Å². The van der Waals surface area contributed by atoms with Crippen molar-refractivity contribution in [3.63, 3.8) is 0 Å². The summed E-state index contributed by atoms with van der Waals surface area (Å²) in [5.74, 6) is 0.763. The lowest BCUT2D eigenvalue weighted by Crippen LogP contribution is -2.42. The highest BCUT2D eigenvalue weighted by atomic mass is 16.3. The average molecular weight is 259 g/mol.